The third kappa shape index (κ3) is 5.44. The summed E-state index contributed by atoms with van der Waals surface area (Å²) in [6.45, 7) is 8.15. The quantitative estimate of drug-likeness (QED) is 0.750. The van der Waals surface area contributed by atoms with Crippen LogP contribution in [-0.2, 0) is 17.8 Å². The molecule has 1 amide bonds. The van der Waals surface area contributed by atoms with Crippen LogP contribution in [0.4, 0.5) is 11.4 Å². The SMILES string of the molecule is CCCCc1cc(=O)n(CC(=O)Nc2ccc(N(CC)CC)cc2)cn1. The molecule has 1 heterocycles. The van der Waals surface area contributed by atoms with Crippen molar-refractivity contribution in [2.75, 3.05) is 23.3 Å². The van der Waals surface area contributed by atoms with Gasteiger partial charge in [0, 0.05) is 36.2 Å². The van der Waals surface area contributed by atoms with Crippen LogP contribution in [0.25, 0.3) is 0 Å². The topological polar surface area (TPSA) is 67.2 Å². The summed E-state index contributed by atoms with van der Waals surface area (Å²) in [5, 5.41) is 2.82. The summed E-state index contributed by atoms with van der Waals surface area (Å²) in [5.41, 5.74) is 2.42. The first-order valence-corrected chi connectivity index (χ1v) is 9.27. The first-order valence-electron chi connectivity index (χ1n) is 9.27. The van der Waals surface area contributed by atoms with E-state index in [2.05, 4.69) is 36.0 Å². The molecule has 0 saturated carbocycles. The van der Waals surface area contributed by atoms with Crippen LogP contribution in [0.5, 0.6) is 0 Å². The lowest BCUT2D eigenvalue weighted by Gasteiger charge is -2.21. The van der Waals surface area contributed by atoms with Crippen molar-refractivity contribution in [3.05, 3.63) is 52.7 Å². The van der Waals surface area contributed by atoms with E-state index in [0.29, 0.717) is 5.69 Å². The molecule has 0 aliphatic heterocycles. The van der Waals surface area contributed by atoms with Crippen LogP contribution >= 0.6 is 0 Å². The molecule has 1 aromatic carbocycles. The Morgan fingerprint density at radius 2 is 1.85 bits per heavy atom. The lowest BCUT2D eigenvalue weighted by molar-refractivity contribution is -0.116. The predicted octanol–water partition coefficient (Wildman–Crippen LogP) is 3.07. The molecule has 0 radical (unpaired) electrons. The number of nitrogens with zero attached hydrogens (tertiary/aromatic N) is 3. The molecule has 6 nitrogen and oxygen atoms in total. The van der Waals surface area contributed by atoms with Crippen molar-refractivity contribution in [1.29, 1.82) is 0 Å². The van der Waals surface area contributed by atoms with Gasteiger partial charge in [-0.25, -0.2) is 4.98 Å². The van der Waals surface area contributed by atoms with Crippen molar-refractivity contribution >= 4 is 17.3 Å². The van der Waals surface area contributed by atoms with Crippen molar-refractivity contribution in [1.82, 2.24) is 9.55 Å². The highest BCUT2D eigenvalue weighted by Crippen LogP contribution is 2.17. The summed E-state index contributed by atoms with van der Waals surface area (Å²) in [6.07, 6.45) is 4.30. The number of carbonyl (C=O) groups excluding carboxylic acids is 1. The van der Waals surface area contributed by atoms with Gasteiger partial charge in [0.1, 0.15) is 6.54 Å². The Hall–Kier alpha value is -2.63. The van der Waals surface area contributed by atoms with E-state index in [1.54, 1.807) is 0 Å². The summed E-state index contributed by atoms with van der Waals surface area (Å²) in [7, 11) is 0. The monoisotopic (exact) mass is 356 g/mol. The minimum atomic E-state index is -0.245. The second-order valence-corrected chi connectivity index (χ2v) is 6.22. The van der Waals surface area contributed by atoms with Gasteiger partial charge in [0.05, 0.1) is 6.33 Å². The number of anilines is 2. The maximum absolute atomic E-state index is 12.2. The van der Waals surface area contributed by atoms with E-state index >= 15 is 0 Å². The molecule has 6 heteroatoms. The summed E-state index contributed by atoms with van der Waals surface area (Å²) in [4.78, 5) is 30.8. The van der Waals surface area contributed by atoms with Crippen molar-refractivity contribution in [2.45, 2.75) is 46.6 Å². The lowest BCUT2D eigenvalue weighted by Crippen LogP contribution is -2.28. The highest BCUT2D eigenvalue weighted by Gasteiger charge is 2.07. The molecule has 26 heavy (non-hydrogen) atoms. The van der Waals surface area contributed by atoms with E-state index in [1.807, 2.05) is 24.3 Å². The number of nitrogens with one attached hydrogen (secondary N) is 1. The summed E-state index contributed by atoms with van der Waals surface area (Å²) in [5.74, 6) is -0.245. The van der Waals surface area contributed by atoms with Gasteiger partial charge in [-0.3, -0.25) is 14.2 Å². The first-order chi connectivity index (χ1) is 12.6. The largest absolute Gasteiger partial charge is 0.372 e. The van der Waals surface area contributed by atoms with Crippen LogP contribution in [0, 0.1) is 0 Å². The van der Waals surface area contributed by atoms with E-state index in [4.69, 9.17) is 0 Å². The molecule has 1 aromatic heterocycles. The van der Waals surface area contributed by atoms with Gasteiger partial charge in [-0.2, -0.15) is 0 Å². The molecule has 1 N–H and O–H groups in total. The first kappa shape index (κ1) is 19.7. The van der Waals surface area contributed by atoms with Gasteiger partial charge >= 0.3 is 0 Å². The Morgan fingerprint density at radius 1 is 1.15 bits per heavy atom. The molecule has 0 aliphatic carbocycles. The molecular formula is C20H28N4O2. The van der Waals surface area contributed by atoms with Gasteiger partial charge < -0.3 is 10.2 Å². The Kier molecular flexibility index (Phi) is 7.38. The molecule has 0 bridgehead atoms. The van der Waals surface area contributed by atoms with Crippen molar-refractivity contribution in [3.63, 3.8) is 0 Å². The Balaban J connectivity index is 1.97. The lowest BCUT2D eigenvalue weighted by atomic mass is 10.2. The number of carbonyl (C=O) groups is 1. The maximum Gasteiger partial charge on any atom is 0.253 e. The van der Waals surface area contributed by atoms with Crippen molar-refractivity contribution < 1.29 is 4.79 Å². The average Bonchev–Trinajstić information content (AvgIpc) is 2.64. The third-order valence-corrected chi connectivity index (χ3v) is 4.32. The summed E-state index contributed by atoms with van der Waals surface area (Å²) in [6, 6.07) is 9.24. The number of rotatable bonds is 9. The zero-order chi connectivity index (χ0) is 18.9. The van der Waals surface area contributed by atoms with Gasteiger partial charge in [0.15, 0.2) is 0 Å². The maximum atomic E-state index is 12.2. The summed E-state index contributed by atoms with van der Waals surface area (Å²) < 4.78 is 1.33. The molecule has 0 unspecified atom stereocenters. The van der Waals surface area contributed by atoms with Gasteiger partial charge in [0.25, 0.3) is 5.56 Å². The number of benzene rings is 1. The third-order valence-electron chi connectivity index (χ3n) is 4.32. The molecule has 2 rings (SSSR count). The van der Waals surface area contributed by atoms with E-state index in [1.165, 1.54) is 17.0 Å². The van der Waals surface area contributed by atoms with Crippen LogP contribution < -0.4 is 15.8 Å². The predicted molar refractivity (Wildman–Crippen MR) is 106 cm³/mol. The second-order valence-electron chi connectivity index (χ2n) is 6.22. The zero-order valence-electron chi connectivity index (χ0n) is 15.9. The number of aromatic nitrogens is 2. The smallest absolute Gasteiger partial charge is 0.253 e. The van der Waals surface area contributed by atoms with Crippen LogP contribution in [0.2, 0.25) is 0 Å². The minimum Gasteiger partial charge on any atom is -0.372 e. The minimum absolute atomic E-state index is 0.0440. The molecular weight excluding hydrogens is 328 g/mol. The Morgan fingerprint density at radius 3 is 2.42 bits per heavy atom. The van der Waals surface area contributed by atoms with Gasteiger partial charge in [-0.05, 0) is 51.0 Å². The Labute approximate surface area is 154 Å². The number of aryl methyl sites for hydroxylation is 1. The molecule has 140 valence electrons. The van der Waals surface area contributed by atoms with Crippen molar-refractivity contribution in [2.24, 2.45) is 0 Å². The summed E-state index contributed by atoms with van der Waals surface area (Å²) >= 11 is 0. The Bertz CT molecular complexity index is 764. The van der Waals surface area contributed by atoms with E-state index in [0.717, 1.165) is 43.7 Å². The van der Waals surface area contributed by atoms with Crippen LogP contribution in [0.3, 0.4) is 0 Å². The molecule has 0 saturated heterocycles. The van der Waals surface area contributed by atoms with Gasteiger partial charge in [0.2, 0.25) is 5.91 Å². The molecule has 0 aliphatic rings. The average molecular weight is 356 g/mol. The van der Waals surface area contributed by atoms with Crippen molar-refractivity contribution in [3.8, 4) is 0 Å². The standard InChI is InChI=1S/C20H28N4O2/c1-4-7-8-17-13-20(26)24(15-21-17)14-19(25)22-16-9-11-18(12-10-16)23(5-2)6-3/h9-13,15H,4-8,14H2,1-3H3,(H,22,25). The number of hydrogen-bond donors (Lipinski definition) is 1. The van der Waals surface area contributed by atoms with E-state index in [-0.39, 0.29) is 18.0 Å². The van der Waals surface area contributed by atoms with Crippen LogP contribution in [0.15, 0.2) is 41.5 Å². The number of hydrogen-bond acceptors (Lipinski definition) is 4. The normalized spacial score (nSPS) is 10.6. The fourth-order valence-electron chi connectivity index (χ4n) is 2.78. The second kappa shape index (κ2) is 9.75. The zero-order valence-corrected chi connectivity index (χ0v) is 15.9. The highest BCUT2D eigenvalue weighted by atomic mass is 16.2. The van der Waals surface area contributed by atoms with Crippen LogP contribution in [0.1, 0.15) is 39.3 Å². The van der Waals surface area contributed by atoms with E-state index in [9.17, 15) is 9.59 Å². The van der Waals surface area contributed by atoms with Gasteiger partial charge in [-0.15, -0.1) is 0 Å². The van der Waals surface area contributed by atoms with Crippen LogP contribution in [-0.4, -0.2) is 28.5 Å². The highest BCUT2D eigenvalue weighted by molar-refractivity contribution is 5.90. The van der Waals surface area contributed by atoms with Gasteiger partial charge in [-0.1, -0.05) is 13.3 Å². The molecule has 2 aromatic rings. The fraction of sp³-hybridized carbons (Fsp3) is 0.450. The fourth-order valence-corrected chi connectivity index (χ4v) is 2.78. The molecule has 0 atom stereocenters. The molecule has 0 spiro atoms. The number of unbranched alkanes of at least 4 members (excludes halogenated alkanes) is 1. The number of amides is 1. The van der Waals surface area contributed by atoms with E-state index < -0.39 is 0 Å². The molecule has 0 fully saturated rings.